The van der Waals surface area contributed by atoms with Crippen molar-refractivity contribution >= 4 is 5.84 Å². The standard InChI is InChI=1S/C14H22N2O3/c1-10-6-5-7-11(13(15)16-17)12(10)19-9-8-14(2,3)18-4/h5-7,17H,8-9H2,1-4H3,(H2,15,16). The molecule has 0 amide bonds. The minimum Gasteiger partial charge on any atom is -0.492 e. The molecule has 5 heteroatoms. The van der Waals surface area contributed by atoms with E-state index in [1.54, 1.807) is 13.2 Å². The Morgan fingerprint density at radius 3 is 2.68 bits per heavy atom. The first-order chi connectivity index (χ1) is 8.91. The van der Waals surface area contributed by atoms with E-state index in [9.17, 15) is 0 Å². The number of hydrogen-bond donors (Lipinski definition) is 2. The number of nitrogens with two attached hydrogens (primary N) is 1. The van der Waals surface area contributed by atoms with E-state index in [4.69, 9.17) is 20.4 Å². The van der Waals surface area contributed by atoms with Crippen LogP contribution < -0.4 is 10.5 Å². The summed E-state index contributed by atoms with van der Waals surface area (Å²) in [7, 11) is 1.68. The summed E-state index contributed by atoms with van der Waals surface area (Å²) < 4.78 is 11.1. The number of para-hydroxylation sites is 1. The third-order valence-electron chi connectivity index (χ3n) is 3.10. The number of oxime groups is 1. The smallest absolute Gasteiger partial charge is 0.173 e. The summed E-state index contributed by atoms with van der Waals surface area (Å²) in [6.07, 6.45) is 0.743. The Morgan fingerprint density at radius 1 is 1.42 bits per heavy atom. The van der Waals surface area contributed by atoms with Gasteiger partial charge >= 0.3 is 0 Å². The highest BCUT2D eigenvalue weighted by atomic mass is 16.5. The second kappa shape index (κ2) is 6.43. The Bertz CT molecular complexity index is 456. The van der Waals surface area contributed by atoms with Gasteiger partial charge in [-0.1, -0.05) is 17.3 Å². The number of ether oxygens (including phenoxy) is 2. The van der Waals surface area contributed by atoms with Crippen molar-refractivity contribution in [2.75, 3.05) is 13.7 Å². The zero-order valence-electron chi connectivity index (χ0n) is 11.9. The van der Waals surface area contributed by atoms with E-state index in [0.29, 0.717) is 17.9 Å². The van der Waals surface area contributed by atoms with Crippen LogP contribution in [0.4, 0.5) is 0 Å². The van der Waals surface area contributed by atoms with Gasteiger partial charge in [0.2, 0.25) is 0 Å². The zero-order valence-corrected chi connectivity index (χ0v) is 11.9. The summed E-state index contributed by atoms with van der Waals surface area (Å²) in [6.45, 7) is 6.42. The molecule has 106 valence electrons. The maximum atomic E-state index is 8.78. The predicted octanol–water partition coefficient (Wildman–Crippen LogP) is 2.28. The van der Waals surface area contributed by atoms with E-state index >= 15 is 0 Å². The Hall–Kier alpha value is -1.75. The molecule has 0 aliphatic heterocycles. The van der Waals surface area contributed by atoms with Crippen LogP contribution in [0.25, 0.3) is 0 Å². The molecular weight excluding hydrogens is 244 g/mol. The third kappa shape index (κ3) is 4.13. The number of methoxy groups -OCH3 is 1. The molecule has 5 nitrogen and oxygen atoms in total. The Balaban J connectivity index is 2.83. The monoisotopic (exact) mass is 266 g/mol. The van der Waals surface area contributed by atoms with Gasteiger partial charge in [-0.05, 0) is 32.4 Å². The van der Waals surface area contributed by atoms with Gasteiger partial charge in [-0.2, -0.15) is 0 Å². The van der Waals surface area contributed by atoms with E-state index in [0.717, 1.165) is 12.0 Å². The van der Waals surface area contributed by atoms with Gasteiger partial charge in [0.15, 0.2) is 5.84 Å². The van der Waals surface area contributed by atoms with E-state index in [1.807, 2.05) is 32.9 Å². The van der Waals surface area contributed by atoms with Crippen molar-refractivity contribution in [1.29, 1.82) is 0 Å². The van der Waals surface area contributed by atoms with Crippen LogP contribution in [-0.4, -0.2) is 30.4 Å². The maximum Gasteiger partial charge on any atom is 0.173 e. The molecule has 0 spiro atoms. The van der Waals surface area contributed by atoms with Gasteiger partial charge in [0.05, 0.1) is 17.8 Å². The number of hydrogen-bond acceptors (Lipinski definition) is 4. The summed E-state index contributed by atoms with van der Waals surface area (Å²) in [6, 6.07) is 5.53. The molecule has 0 aliphatic rings. The second-order valence-electron chi connectivity index (χ2n) is 5.00. The van der Waals surface area contributed by atoms with Crippen molar-refractivity contribution in [3.8, 4) is 5.75 Å². The molecule has 0 fully saturated rings. The number of amidine groups is 1. The predicted molar refractivity (Wildman–Crippen MR) is 74.9 cm³/mol. The molecule has 1 rings (SSSR count). The summed E-state index contributed by atoms with van der Waals surface area (Å²) in [5.41, 5.74) is 6.95. The number of rotatable bonds is 6. The zero-order chi connectivity index (χ0) is 14.5. The molecule has 0 radical (unpaired) electrons. The highest BCUT2D eigenvalue weighted by Gasteiger charge is 2.17. The van der Waals surface area contributed by atoms with Crippen LogP contribution in [0.3, 0.4) is 0 Å². The average molecular weight is 266 g/mol. The lowest BCUT2D eigenvalue weighted by Crippen LogP contribution is -2.25. The average Bonchev–Trinajstić information content (AvgIpc) is 2.39. The van der Waals surface area contributed by atoms with Crippen LogP contribution in [0.15, 0.2) is 23.4 Å². The highest BCUT2D eigenvalue weighted by Crippen LogP contribution is 2.24. The van der Waals surface area contributed by atoms with Gasteiger partial charge in [-0.25, -0.2) is 0 Å². The van der Waals surface area contributed by atoms with Crippen LogP contribution in [0, 0.1) is 6.92 Å². The molecule has 0 bridgehead atoms. The van der Waals surface area contributed by atoms with Crippen molar-refractivity contribution in [2.24, 2.45) is 10.9 Å². The molecule has 19 heavy (non-hydrogen) atoms. The quantitative estimate of drug-likeness (QED) is 0.358. The van der Waals surface area contributed by atoms with Gasteiger partial charge in [0.25, 0.3) is 0 Å². The minimum atomic E-state index is -0.237. The van der Waals surface area contributed by atoms with Gasteiger partial charge in [0.1, 0.15) is 5.75 Å². The Labute approximate surface area is 114 Å². The summed E-state index contributed by atoms with van der Waals surface area (Å²) in [4.78, 5) is 0. The molecule has 0 heterocycles. The first kappa shape index (κ1) is 15.3. The summed E-state index contributed by atoms with van der Waals surface area (Å²) in [5, 5.41) is 11.8. The topological polar surface area (TPSA) is 77.1 Å². The normalized spacial score (nSPS) is 12.5. The minimum absolute atomic E-state index is 0.0460. The number of benzene rings is 1. The molecule has 0 atom stereocenters. The van der Waals surface area contributed by atoms with Gasteiger partial charge in [-0.3, -0.25) is 0 Å². The second-order valence-corrected chi connectivity index (χ2v) is 5.00. The molecular formula is C14H22N2O3. The number of aryl methyl sites for hydroxylation is 1. The summed E-state index contributed by atoms with van der Waals surface area (Å²) in [5.74, 6) is 0.689. The van der Waals surface area contributed by atoms with Crippen molar-refractivity contribution < 1.29 is 14.7 Å². The fourth-order valence-electron chi connectivity index (χ4n) is 1.60. The lowest BCUT2D eigenvalue weighted by atomic mass is 10.1. The van der Waals surface area contributed by atoms with Crippen LogP contribution in [-0.2, 0) is 4.74 Å². The molecule has 3 N–H and O–H groups in total. The van der Waals surface area contributed by atoms with E-state index in [2.05, 4.69) is 5.16 Å². The van der Waals surface area contributed by atoms with Crippen LogP contribution in [0.5, 0.6) is 5.75 Å². The van der Waals surface area contributed by atoms with Crippen molar-refractivity contribution in [2.45, 2.75) is 32.8 Å². The van der Waals surface area contributed by atoms with Crippen LogP contribution in [0.2, 0.25) is 0 Å². The third-order valence-corrected chi connectivity index (χ3v) is 3.10. The molecule has 0 saturated heterocycles. The fraction of sp³-hybridized carbons (Fsp3) is 0.500. The molecule has 0 unspecified atom stereocenters. The largest absolute Gasteiger partial charge is 0.492 e. The lowest BCUT2D eigenvalue weighted by Gasteiger charge is -2.23. The maximum absolute atomic E-state index is 8.78. The fourth-order valence-corrected chi connectivity index (χ4v) is 1.60. The molecule has 1 aromatic carbocycles. The summed E-state index contributed by atoms with van der Waals surface area (Å²) >= 11 is 0. The van der Waals surface area contributed by atoms with Crippen molar-refractivity contribution in [3.63, 3.8) is 0 Å². The van der Waals surface area contributed by atoms with E-state index < -0.39 is 0 Å². The number of nitrogens with zero attached hydrogens (tertiary/aromatic N) is 1. The van der Waals surface area contributed by atoms with Crippen LogP contribution in [0.1, 0.15) is 31.4 Å². The molecule has 0 aromatic heterocycles. The van der Waals surface area contributed by atoms with E-state index in [1.165, 1.54) is 0 Å². The molecule has 1 aromatic rings. The Kier molecular flexibility index (Phi) is 5.18. The van der Waals surface area contributed by atoms with Crippen molar-refractivity contribution in [1.82, 2.24) is 0 Å². The van der Waals surface area contributed by atoms with Gasteiger partial charge in [0, 0.05) is 13.5 Å². The molecule has 0 aliphatic carbocycles. The molecule has 0 saturated carbocycles. The van der Waals surface area contributed by atoms with Gasteiger partial charge in [-0.15, -0.1) is 0 Å². The van der Waals surface area contributed by atoms with E-state index in [-0.39, 0.29) is 11.4 Å². The van der Waals surface area contributed by atoms with Crippen LogP contribution >= 0.6 is 0 Å². The SMILES string of the molecule is COC(C)(C)CCOc1c(C)cccc1/C(N)=N/O. The highest BCUT2D eigenvalue weighted by molar-refractivity contribution is 5.99. The lowest BCUT2D eigenvalue weighted by molar-refractivity contribution is 0.00538. The Morgan fingerprint density at radius 2 is 2.11 bits per heavy atom. The van der Waals surface area contributed by atoms with Crippen molar-refractivity contribution in [3.05, 3.63) is 29.3 Å². The first-order valence-corrected chi connectivity index (χ1v) is 6.17. The first-order valence-electron chi connectivity index (χ1n) is 6.17. The van der Waals surface area contributed by atoms with Gasteiger partial charge < -0.3 is 20.4 Å².